The molecule has 0 spiro atoms. The molecule has 0 aliphatic rings. The first kappa shape index (κ1) is 12.3. The van der Waals surface area contributed by atoms with Gasteiger partial charge in [-0.2, -0.15) is 13.2 Å². The van der Waals surface area contributed by atoms with Crippen LogP contribution < -0.4 is 0 Å². The van der Waals surface area contributed by atoms with Crippen molar-refractivity contribution in [2.45, 2.75) is 12.3 Å². The van der Waals surface area contributed by atoms with Crippen molar-refractivity contribution in [3.05, 3.63) is 35.1 Å². The Morgan fingerprint density at radius 1 is 1.33 bits per heavy atom. The normalized spacial score (nSPS) is 14.0. The van der Waals surface area contributed by atoms with Crippen molar-refractivity contribution in [2.75, 3.05) is 5.88 Å². The number of halogens is 5. The number of hydrogen-bond donors (Lipinski definition) is 1. The van der Waals surface area contributed by atoms with E-state index in [1.807, 2.05) is 0 Å². The van der Waals surface area contributed by atoms with Crippen LogP contribution >= 0.6 is 11.6 Å². The molecule has 84 valence electrons. The average molecular weight is 243 g/mol. The van der Waals surface area contributed by atoms with Gasteiger partial charge in [0.2, 0.25) is 0 Å². The molecule has 0 saturated carbocycles. The van der Waals surface area contributed by atoms with E-state index in [1.165, 1.54) is 0 Å². The van der Waals surface area contributed by atoms with Gasteiger partial charge in [-0.1, -0.05) is 6.07 Å². The molecule has 0 heterocycles. The summed E-state index contributed by atoms with van der Waals surface area (Å²) in [6.07, 6.45) is -5.89. The van der Waals surface area contributed by atoms with Crippen LogP contribution in [0.5, 0.6) is 0 Å². The molecule has 0 aliphatic carbocycles. The molecule has 6 heteroatoms. The van der Waals surface area contributed by atoms with Crippen LogP contribution in [0.2, 0.25) is 0 Å². The zero-order chi connectivity index (χ0) is 11.6. The lowest BCUT2D eigenvalue weighted by Crippen LogP contribution is -2.08. The summed E-state index contributed by atoms with van der Waals surface area (Å²) in [5.41, 5.74) is -1.33. The van der Waals surface area contributed by atoms with Gasteiger partial charge in [0.1, 0.15) is 5.82 Å². The van der Waals surface area contributed by atoms with Gasteiger partial charge in [0.25, 0.3) is 0 Å². The molecule has 0 bridgehead atoms. The molecule has 0 radical (unpaired) electrons. The molecule has 1 atom stereocenters. The van der Waals surface area contributed by atoms with E-state index in [0.29, 0.717) is 12.1 Å². The monoisotopic (exact) mass is 242 g/mol. The second-order valence-electron chi connectivity index (χ2n) is 2.90. The molecule has 0 saturated heterocycles. The Morgan fingerprint density at radius 2 is 1.93 bits per heavy atom. The fraction of sp³-hybridized carbons (Fsp3) is 0.333. The van der Waals surface area contributed by atoms with E-state index in [1.54, 1.807) is 0 Å². The Balaban J connectivity index is 3.09. The highest BCUT2D eigenvalue weighted by Gasteiger charge is 2.31. The number of rotatable bonds is 2. The Kier molecular flexibility index (Phi) is 3.57. The van der Waals surface area contributed by atoms with Gasteiger partial charge < -0.3 is 5.11 Å². The zero-order valence-corrected chi connectivity index (χ0v) is 8.11. The van der Waals surface area contributed by atoms with E-state index in [-0.39, 0.29) is 11.4 Å². The van der Waals surface area contributed by atoms with Crippen LogP contribution in [0.25, 0.3) is 0 Å². The van der Waals surface area contributed by atoms with Crippen molar-refractivity contribution >= 4 is 11.6 Å². The third kappa shape index (κ3) is 2.82. The summed E-state index contributed by atoms with van der Waals surface area (Å²) in [6.45, 7) is 0. The van der Waals surface area contributed by atoms with Crippen LogP contribution in [0, 0.1) is 5.82 Å². The molecule has 1 rings (SSSR count). The summed E-state index contributed by atoms with van der Waals surface area (Å²) in [5, 5.41) is 9.15. The molecular formula is C9H7ClF4O. The number of aliphatic hydroxyl groups excluding tert-OH is 1. The predicted octanol–water partition coefficient (Wildman–Crippen LogP) is 3.12. The lowest BCUT2D eigenvalue weighted by molar-refractivity contribution is -0.137. The minimum absolute atomic E-state index is 0.238. The first-order valence-corrected chi connectivity index (χ1v) is 4.50. The summed E-state index contributed by atoms with van der Waals surface area (Å²) in [6, 6.07) is 1.92. The van der Waals surface area contributed by atoms with Crippen molar-refractivity contribution in [3.8, 4) is 0 Å². The van der Waals surface area contributed by atoms with Crippen molar-refractivity contribution in [1.29, 1.82) is 0 Å². The largest absolute Gasteiger partial charge is 0.416 e. The highest BCUT2D eigenvalue weighted by molar-refractivity contribution is 6.18. The van der Waals surface area contributed by atoms with Gasteiger partial charge >= 0.3 is 6.18 Å². The van der Waals surface area contributed by atoms with Crippen LogP contribution in [0.15, 0.2) is 18.2 Å². The molecule has 1 aromatic carbocycles. The summed E-state index contributed by atoms with van der Waals surface area (Å²) in [7, 11) is 0. The first-order valence-electron chi connectivity index (χ1n) is 3.97. The van der Waals surface area contributed by atoms with Gasteiger partial charge in [0, 0.05) is 5.56 Å². The topological polar surface area (TPSA) is 20.2 Å². The highest BCUT2D eigenvalue weighted by atomic mass is 35.5. The minimum atomic E-state index is -4.59. The lowest BCUT2D eigenvalue weighted by Gasteiger charge is -2.11. The SMILES string of the molecule is OC(CCl)c1ccc(C(F)(F)F)cc1F. The third-order valence-electron chi connectivity index (χ3n) is 1.83. The summed E-state index contributed by atoms with van der Waals surface area (Å²) >= 11 is 5.25. The van der Waals surface area contributed by atoms with Crippen LogP contribution in [0.1, 0.15) is 17.2 Å². The van der Waals surface area contributed by atoms with E-state index < -0.39 is 23.7 Å². The Hall–Kier alpha value is -0.810. The molecular weight excluding hydrogens is 236 g/mol. The Labute approximate surface area is 88.3 Å². The predicted molar refractivity (Wildman–Crippen MR) is 47.1 cm³/mol. The Bertz CT molecular complexity index is 350. The maximum absolute atomic E-state index is 13.1. The molecule has 0 fully saturated rings. The Morgan fingerprint density at radius 3 is 2.33 bits per heavy atom. The van der Waals surface area contributed by atoms with Crippen LogP contribution in [0.4, 0.5) is 17.6 Å². The molecule has 1 nitrogen and oxygen atoms in total. The summed E-state index contributed by atoms with van der Waals surface area (Å²) in [5.74, 6) is -1.39. The second kappa shape index (κ2) is 4.37. The molecule has 0 amide bonds. The third-order valence-corrected chi connectivity index (χ3v) is 2.13. The maximum atomic E-state index is 13.1. The summed E-state index contributed by atoms with van der Waals surface area (Å²) in [4.78, 5) is 0. The standard InChI is InChI=1S/C9H7ClF4O/c10-4-8(15)6-2-1-5(3-7(6)11)9(12,13)14/h1-3,8,15H,4H2. The second-order valence-corrected chi connectivity index (χ2v) is 3.21. The molecule has 1 aromatic rings. The highest BCUT2D eigenvalue weighted by Crippen LogP contribution is 2.31. The fourth-order valence-corrected chi connectivity index (χ4v) is 1.22. The maximum Gasteiger partial charge on any atom is 0.416 e. The number of benzene rings is 1. The number of aliphatic hydroxyl groups is 1. The van der Waals surface area contributed by atoms with Crippen LogP contribution in [-0.4, -0.2) is 11.0 Å². The van der Waals surface area contributed by atoms with Crippen molar-refractivity contribution in [2.24, 2.45) is 0 Å². The summed E-state index contributed by atoms with van der Waals surface area (Å²) < 4.78 is 49.5. The van der Waals surface area contributed by atoms with E-state index in [9.17, 15) is 17.6 Å². The smallest absolute Gasteiger partial charge is 0.387 e. The zero-order valence-electron chi connectivity index (χ0n) is 7.35. The number of hydrogen-bond acceptors (Lipinski definition) is 1. The molecule has 0 aliphatic heterocycles. The van der Waals surface area contributed by atoms with Crippen molar-refractivity contribution < 1.29 is 22.7 Å². The van der Waals surface area contributed by atoms with Crippen molar-refractivity contribution in [1.82, 2.24) is 0 Å². The van der Waals surface area contributed by atoms with Gasteiger partial charge in [-0.3, -0.25) is 0 Å². The van der Waals surface area contributed by atoms with Gasteiger partial charge in [-0.05, 0) is 12.1 Å². The molecule has 0 aromatic heterocycles. The van der Waals surface area contributed by atoms with Crippen LogP contribution in [0.3, 0.4) is 0 Å². The molecule has 15 heavy (non-hydrogen) atoms. The van der Waals surface area contributed by atoms with E-state index in [2.05, 4.69) is 0 Å². The van der Waals surface area contributed by atoms with Crippen molar-refractivity contribution in [3.63, 3.8) is 0 Å². The van der Waals surface area contributed by atoms with Gasteiger partial charge in [-0.15, -0.1) is 11.6 Å². The molecule has 1 unspecified atom stereocenters. The van der Waals surface area contributed by atoms with E-state index in [0.717, 1.165) is 6.07 Å². The average Bonchev–Trinajstić information content (AvgIpc) is 2.15. The van der Waals surface area contributed by atoms with Gasteiger partial charge in [0.05, 0.1) is 17.5 Å². The van der Waals surface area contributed by atoms with E-state index >= 15 is 0 Å². The lowest BCUT2D eigenvalue weighted by atomic mass is 10.1. The van der Waals surface area contributed by atoms with Crippen LogP contribution in [-0.2, 0) is 6.18 Å². The first-order chi connectivity index (χ1) is 6.86. The minimum Gasteiger partial charge on any atom is -0.387 e. The molecule has 1 N–H and O–H groups in total. The van der Waals surface area contributed by atoms with Gasteiger partial charge in [0.15, 0.2) is 0 Å². The van der Waals surface area contributed by atoms with Gasteiger partial charge in [-0.25, -0.2) is 4.39 Å². The van der Waals surface area contributed by atoms with E-state index in [4.69, 9.17) is 16.7 Å². The number of alkyl halides is 4. The fourth-order valence-electron chi connectivity index (χ4n) is 1.06. The quantitative estimate of drug-likeness (QED) is 0.624.